The fourth-order valence-corrected chi connectivity index (χ4v) is 10.1. The number of thiol groups is 1. The summed E-state index contributed by atoms with van der Waals surface area (Å²) in [5.41, 5.74) is 17.3. The summed E-state index contributed by atoms with van der Waals surface area (Å²) in [5.74, 6) is 0. The van der Waals surface area contributed by atoms with Crippen molar-refractivity contribution in [2.24, 2.45) is 0 Å². The first-order chi connectivity index (χ1) is 29.1. The van der Waals surface area contributed by atoms with E-state index in [1.165, 1.54) is 55.3 Å². The number of rotatable bonds is 7. The minimum absolute atomic E-state index is 0.638. The van der Waals surface area contributed by atoms with Crippen LogP contribution in [0.15, 0.2) is 223 Å². The monoisotopic (exact) mass is 772 g/mol. The maximum absolute atomic E-state index is 5.18. The van der Waals surface area contributed by atoms with Gasteiger partial charge >= 0.3 is 0 Å². The molecule has 3 heteroatoms. The van der Waals surface area contributed by atoms with Gasteiger partial charge in [0.25, 0.3) is 0 Å². The van der Waals surface area contributed by atoms with Gasteiger partial charge in [-0.05, 0) is 147 Å². The number of fused-ring (bicyclic) bond motifs is 8. The topological polar surface area (TPSA) is 6.48 Å². The maximum atomic E-state index is 5.18. The zero-order valence-corrected chi connectivity index (χ0v) is 33.5. The Morgan fingerprint density at radius 1 is 0.339 bits per heavy atom. The van der Waals surface area contributed by atoms with E-state index in [9.17, 15) is 0 Å². The number of para-hydroxylation sites is 3. The average molecular weight is 773 g/mol. The molecule has 2 aliphatic carbocycles. The fourth-order valence-electron chi connectivity index (χ4n) is 9.86. The van der Waals surface area contributed by atoms with Crippen molar-refractivity contribution in [2.45, 2.75) is 17.2 Å². The number of allylic oxidation sites excluding steroid dienone is 2. The molecule has 0 fully saturated rings. The summed E-state index contributed by atoms with van der Waals surface area (Å²) in [5, 5.41) is 2.43. The highest BCUT2D eigenvalue weighted by Crippen LogP contribution is 2.66. The number of anilines is 6. The molecule has 1 spiro atoms. The van der Waals surface area contributed by atoms with Crippen LogP contribution in [0.4, 0.5) is 34.1 Å². The van der Waals surface area contributed by atoms with E-state index in [4.69, 9.17) is 12.6 Å². The molecule has 0 aromatic heterocycles. The molecule has 0 heterocycles. The van der Waals surface area contributed by atoms with Crippen LogP contribution in [0.2, 0.25) is 0 Å². The SMILES string of the molecule is CC1=C(c2ccccc2S)C2(c3cc(N(c4ccccc4)c4ccccc4)ccc31)c1ccccc1-c1ccc(N(c3ccccc3)c3ccc4ccccc4c3)cc12. The van der Waals surface area contributed by atoms with Gasteiger partial charge in [0.1, 0.15) is 0 Å². The van der Waals surface area contributed by atoms with E-state index in [1.807, 2.05) is 0 Å². The highest BCUT2D eigenvalue weighted by molar-refractivity contribution is 7.80. The van der Waals surface area contributed by atoms with Crippen molar-refractivity contribution >= 4 is 68.7 Å². The van der Waals surface area contributed by atoms with Crippen molar-refractivity contribution in [1.82, 2.24) is 0 Å². The van der Waals surface area contributed by atoms with Gasteiger partial charge in [0.05, 0.1) is 5.41 Å². The van der Waals surface area contributed by atoms with Crippen LogP contribution in [0, 0.1) is 0 Å². The second kappa shape index (κ2) is 14.1. The zero-order chi connectivity index (χ0) is 39.5. The lowest BCUT2D eigenvalue weighted by Gasteiger charge is -2.35. The molecule has 2 nitrogen and oxygen atoms in total. The third-order valence-corrected chi connectivity index (χ3v) is 12.7. The summed E-state index contributed by atoms with van der Waals surface area (Å²) >= 11 is 5.18. The molecule has 2 aliphatic rings. The molecule has 0 radical (unpaired) electrons. The standard InChI is InChI=1S/C56H40N2S/c1-38-47-33-31-45(57(41-19-5-2-6-20-41)42-21-7-3-8-22-42)36-52(47)56(55(38)50-26-14-16-28-54(50)59)51-27-15-13-25-48(51)49-34-32-46(37-53(49)56)58(43-23-9-4-10-24-43)44-30-29-39-17-11-12-18-40(39)35-44/h2-37,59H,1H3. The van der Waals surface area contributed by atoms with Crippen LogP contribution in [-0.4, -0.2) is 0 Å². The summed E-state index contributed by atoms with van der Waals surface area (Å²) < 4.78 is 0. The Labute approximate surface area is 351 Å². The molecular weight excluding hydrogens is 733 g/mol. The smallest absolute Gasteiger partial charge is 0.0729 e. The Kier molecular flexibility index (Phi) is 8.39. The van der Waals surface area contributed by atoms with Gasteiger partial charge in [-0.2, -0.15) is 0 Å². The maximum Gasteiger partial charge on any atom is 0.0729 e. The van der Waals surface area contributed by atoms with Gasteiger partial charge in [0.2, 0.25) is 0 Å². The number of hydrogen-bond donors (Lipinski definition) is 1. The second-order valence-electron chi connectivity index (χ2n) is 15.5. The van der Waals surface area contributed by atoms with Crippen LogP contribution in [0.3, 0.4) is 0 Å². The second-order valence-corrected chi connectivity index (χ2v) is 16.0. The Balaban J connectivity index is 1.21. The Bertz CT molecular complexity index is 3040. The van der Waals surface area contributed by atoms with Crippen LogP contribution in [0.25, 0.3) is 33.0 Å². The minimum Gasteiger partial charge on any atom is -0.310 e. The van der Waals surface area contributed by atoms with Gasteiger partial charge in [-0.3, -0.25) is 0 Å². The van der Waals surface area contributed by atoms with Crippen LogP contribution in [-0.2, 0) is 5.41 Å². The molecule has 0 N–H and O–H groups in total. The van der Waals surface area contributed by atoms with Crippen LogP contribution >= 0.6 is 12.6 Å². The zero-order valence-electron chi connectivity index (χ0n) is 32.6. The summed E-state index contributed by atoms with van der Waals surface area (Å²) in [4.78, 5) is 5.75. The van der Waals surface area contributed by atoms with Crippen molar-refractivity contribution in [3.8, 4) is 11.1 Å². The van der Waals surface area contributed by atoms with Crippen molar-refractivity contribution < 1.29 is 0 Å². The third-order valence-electron chi connectivity index (χ3n) is 12.3. The summed E-state index contributed by atoms with van der Waals surface area (Å²) in [7, 11) is 0. The van der Waals surface area contributed by atoms with Crippen LogP contribution < -0.4 is 9.80 Å². The minimum atomic E-state index is -0.638. The largest absolute Gasteiger partial charge is 0.310 e. The van der Waals surface area contributed by atoms with E-state index < -0.39 is 5.41 Å². The molecule has 0 bridgehead atoms. The van der Waals surface area contributed by atoms with Crippen LogP contribution in [0.5, 0.6) is 0 Å². The summed E-state index contributed by atoms with van der Waals surface area (Å²) in [6.07, 6.45) is 0. The quantitative estimate of drug-likeness (QED) is 0.161. The first-order valence-corrected chi connectivity index (χ1v) is 20.7. The molecule has 0 amide bonds. The lowest BCUT2D eigenvalue weighted by molar-refractivity contribution is 0.838. The highest BCUT2D eigenvalue weighted by atomic mass is 32.1. The van der Waals surface area contributed by atoms with E-state index in [-0.39, 0.29) is 0 Å². The van der Waals surface area contributed by atoms with Gasteiger partial charge in [0, 0.05) is 39.0 Å². The lowest BCUT2D eigenvalue weighted by Crippen LogP contribution is -2.27. The molecule has 0 saturated heterocycles. The number of benzene rings is 9. The molecule has 0 aliphatic heterocycles. The molecule has 59 heavy (non-hydrogen) atoms. The summed E-state index contributed by atoms with van der Waals surface area (Å²) in [6.45, 7) is 2.31. The van der Waals surface area contributed by atoms with Gasteiger partial charge in [-0.1, -0.05) is 140 Å². The van der Waals surface area contributed by atoms with E-state index >= 15 is 0 Å². The predicted molar refractivity (Wildman–Crippen MR) is 251 cm³/mol. The van der Waals surface area contributed by atoms with E-state index in [0.29, 0.717) is 0 Å². The van der Waals surface area contributed by atoms with Crippen molar-refractivity contribution in [3.63, 3.8) is 0 Å². The third kappa shape index (κ3) is 5.50. The molecule has 9 aromatic rings. The molecule has 9 aromatic carbocycles. The Morgan fingerprint density at radius 3 is 1.41 bits per heavy atom. The normalized spacial score (nSPS) is 14.9. The Hall–Kier alpha value is -7.07. The number of hydrogen-bond acceptors (Lipinski definition) is 3. The van der Waals surface area contributed by atoms with E-state index in [2.05, 4.69) is 235 Å². The van der Waals surface area contributed by atoms with Crippen molar-refractivity contribution in [1.29, 1.82) is 0 Å². The van der Waals surface area contributed by atoms with Crippen LogP contribution in [0.1, 0.15) is 34.7 Å². The van der Waals surface area contributed by atoms with Crippen molar-refractivity contribution in [3.05, 3.63) is 246 Å². The average Bonchev–Trinajstić information content (AvgIpc) is 3.72. The molecule has 0 saturated carbocycles. The number of nitrogens with zero attached hydrogens (tertiary/aromatic N) is 2. The van der Waals surface area contributed by atoms with Gasteiger partial charge < -0.3 is 9.80 Å². The molecule has 1 unspecified atom stereocenters. The predicted octanol–water partition coefficient (Wildman–Crippen LogP) is 15.3. The molecule has 1 atom stereocenters. The fraction of sp³-hybridized carbons (Fsp3) is 0.0357. The highest BCUT2D eigenvalue weighted by Gasteiger charge is 2.53. The van der Waals surface area contributed by atoms with Gasteiger partial charge in [-0.25, -0.2) is 0 Å². The lowest BCUT2D eigenvalue weighted by atomic mass is 9.67. The molecular formula is C56H40N2S. The van der Waals surface area contributed by atoms with Gasteiger partial charge in [-0.15, -0.1) is 12.6 Å². The van der Waals surface area contributed by atoms with Gasteiger partial charge in [0.15, 0.2) is 0 Å². The van der Waals surface area contributed by atoms with E-state index in [1.54, 1.807) is 0 Å². The first-order valence-electron chi connectivity index (χ1n) is 20.2. The first kappa shape index (κ1) is 35.1. The van der Waals surface area contributed by atoms with Crippen molar-refractivity contribution in [2.75, 3.05) is 9.80 Å². The Morgan fingerprint density at radius 2 is 0.780 bits per heavy atom. The molecule has 11 rings (SSSR count). The summed E-state index contributed by atoms with van der Waals surface area (Å²) in [6, 6.07) is 79.5. The molecule has 280 valence electrons. The van der Waals surface area contributed by atoms with E-state index in [0.717, 1.165) is 44.6 Å².